The number of nitrogens with one attached hydrogen (secondary N) is 1. The van der Waals surface area contributed by atoms with E-state index in [1.165, 1.54) is 0 Å². The molecule has 5 nitrogen and oxygen atoms in total. The van der Waals surface area contributed by atoms with Crippen molar-refractivity contribution in [1.29, 1.82) is 0 Å². The van der Waals surface area contributed by atoms with Crippen molar-refractivity contribution in [2.24, 2.45) is 0 Å². The van der Waals surface area contributed by atoms with Gasteiger partial charge in [0.15, 0.2) is 5.15 Å². The molecule has 1 N–H and O–H groups in total. The molecule has 3 heterocycles. The number of pyridine rings is 1. The van der Waals surface area contributed by atoms with E-state index in [0.29, 0.717) is 11.7 Å². The fourth-order valence-electron chi connectivity index (χ4n) is 2.85. The Morgan fingerprint density at radius 2 is 2.27 bits per heavy atom. The Morgan fingerprint density at radius 1 is 1.50 bits per heavy atom. The quantitative estimate of drug-likeness (QED) is 0.797. The minimum Gasteiger partial charge on any atom is -0.444 e. The number of ether oxygens (including phenoxy) is 1. The SMILES string of the molecule is CC(C)(C)OC(=O)N1CCC[C@H]1c1cc2ccnc(Cl)c2[nH]1. The maximum Gasteiger partial charge on any atom is 0.410 e. The zero-order valence-electron chi connectivity index (χ0n) is 13.0. The van der Waals surface area contributed by atoms with E-state index in [2.05, 4.69) is 9.97 Å². The average molecular weight is 322 g/mol. The monoisotopic (exact) mass is 321 g/mol. The fraction of sp³-hybridized carbons (Fsp3) is 0.500. The van der Waals surface area contributed by atoms with Crippen LogP contribution in [0.4, 0.5) is 4.79 Å². The molecular formula is C16H20ClN3O2. The van der Waals surface area contributed by atoms with Gasteiger partial charge in [-0.05, 0) is 45.7 Å². The number of H-pyrrole nitrogens is 1. The van der Waals surface area contributed by atoms with Gasteiger partial charge in [-0.15, -0.1) is 0 Å². The van der Waals surface area contributed by atoms with Gasteiger partial charge in [0.05, 0.1) is 11.6 Å². The number of carbonyl (C=O) groups excluding carboxylic acids is 1. The summed E-state index contributed by atoms with van der Waals surface area (Å²) < 4.78 is 5.51. The first-order chi connectivity index (χ1) is 10.3. The van der Waals surface area contributed by atoms with Crippen molar-refractivity contribution in [3.63, 3.8) is 0 Å². The van der Waals surface area contributed by atoms with Gasteiger partial charge in [-0.25, -0.2) is 9.78 Å². The van der Waals surface area contributed by atoms with Crippen LogP contribution >= 0.6 is 11.6 Å². The number of amides is 1. The third-order valence-corrected chi connectivity index (χ3v) is 4.04. The van der Waals surface area contributed by atoms with E-state index >= 15 is 0 Å². The third kappa shape index (κ3) is 2.90. The molecule has 1 saturated heterocycles. The fourth-order valence-corrected chi connectivity index (χ4v) is 3.06. The van der Waals surface area contributed by atoms with Crippen LogP contribution in [0.5, 0.6) is 0 Å². The molecule has 2 aromatic rings. The molecule has 0 aromatic carbocycles. The van der Waals surface area contributed by atoms with E-state index in [1.54, 1.807) is 11.1 Å². The normalized spacial score (nSPS) is 18.9. The highest BCUT2D eigenvalue weighted by molar-refractivity contribution is 6.33. The summed E-state index contributed by atoms with van der Waals surface area (Å²) in [6.45, 7) is 6.35. The number of rotatable bonds is 1. The summed E-state index contributed by atoms with van der Waals surface area (Å²) >= 11 is 6.12. The van der Waals surface area contributed by atoms with E-state index in [0.717, 1.165) is 29.4 Å². The smallest absolute Gasteiger partial charge is 0.410 e. The van der Waals surface area contributed by atoms with Crippen molar-refractivity contribution in [2.45, 2.75) is 45.3 Å². The van der Waals surface area contributed by atoms with Crippen molar-refractivity contribution in [1.82, 2.24) is 14.9 Å². The number of likely N-dealkylation sites (tertiary alicyclic amines) is 1. The molecule has 0 bridgehead atoms. The lowest BCUT2D eigenvalue weighted by atomic mass is 10.1. The Kier molecular flexibility index (Phi) is 3.77. The number of fused-ring (bicyclic) bond motifs is 1. The van der Waals surface area contributed by atoms with E-state index in [-0.39, 0.29) is 12.1 Å². The maximum absolute atomic E-state index is 12.4. The first kappa shape index (κ1) is 15.2. The molecule has 1 amide bonds. The van der Waals surface area contributed by atoms with Gasteiger partial charge in [-0.3, -0.25) is 4.90 Å². The molecule has 22 heavy (non-hydrogen) atoms. The Balaban J connectivity index is 1.88. The van der Waals surface area contributed by atoms with Gasteiger partial charge in [0.2, 0.25) is 0 Å². The van der Waals surface area contributed by atoms with Gasteiger partial charge in [-0.2, -0.15) is 0 Å². The second kappa shape index (κ2) is 5.47. The lowest BCUT2D eigenvalue weighted by Gasteiger charge is -2.28. The highest BCUT2D eigenvalue weighted by Crippen LogP contribution is 2.35. The molecule has 0 radical (unpaired) electrons. The molecule has 6 heteroatoms. The topological polar surface area (TPSA) is 58.2 Å². The molecule has 1 atom stereocenters. The molecule has 1 aliphatic heterocycles. The predicted molar refractivity (Wildman–Crippen MR) is 86.0 cm³/mol. The lowest BCUT2D eigenvalue weighted by Crippen LogP contribution is -2.36. The second-order valence-electron chi connectivity index (χ2n) is 6.62. The summed E-state index contributed by atoms with van der Waals surface area (Å²) in [5.74, 6) is 0. The highest BCUT2D eigenvalue weighted by atomic mass is 35.5. The predicted octanol–water partition coefficient (Wildman–Crippen LogP) is 4.29. The minimum absolute atomic E-state index is 0.00156. The summed E-state index contributed by atoms with van der Waals surface area (Å²) in [7, 11) is 0. The van der Waals surface area contributed by atoms with Crippen LogP contribution in [0.1, 0.15) is 45.3 Å². The van der Waals surface area contributed by atoms with Crippen LogP contribution in [0.25, 0.3) is 10.9 Å². The van der Waals surface area contributed by atoms with Gasteiger partial charge in [0.1, 0.15) is 5.60 Å². The van der Waals surface area contributed by atoms with Gasteiger partial charge < -0.3 is 9.72 Å². The van der Waals surface area contributed by atoms with Crippen molar-refractivity contribution in [3.8, 4) is 0 Å². The molecule has 0 unspecified atom stereocenters. The number of carbonyl (C=O) groups is 1. The molecule has 1 aliphatic rings. The van der Waals surface area contributed by atoms with Crippen molar-refractivity contribution < 1.29 is 9.53 Å². The van der Waals surface area contributed by atoms with Crippen LogP contribution in [0.15, 0.2) is 18.3 Å². The van der Waals surface area contributed by atoms with Gasteiger partial charge in [0, 0.05) is 23.8 Å². The molecule has 0 aliphatic carbocycles. The van der Waals surface area contributed by atoms with Crippen LogP contribution in [0, 0.1) is 0 Å². The Morgan fingerprint density at radius 3 is 2.95 bits per heavy atom. The number of hydrogen-bond acceptors (Lipinski definition) is 3. The molecule has 2 aromatic heterocycles. The summed E-state index contributed by atoms with van der Waals surface area (Å²) in [5.41, 5.74) is 1.31. The van der Waals surface area contributed by atoms with E-state index < -0.39 is 5.60 Å². The van der Waals surface area contributed by atoms with Crippen LogP contribution in [0.2, 0.25) is 5.15 Å². The summed E-state index contributed by atoms with van der Waals surface area (Å²) in [4.78, 5) is 21.6. The van der Waals surface area contributed by atoms with E-state index in [4.69, 9.17) is 16.3 Å². The highest BCUT2D eigenvalue weighted by Gasteiger charge is 2.34. The zero-order valence-corrected chi connectivity index (χ0v) is 13.8. The molecule has 1 fully saturated rings. The third-order valence-electron chi connectivity index (χ3n) is 3.76. The van der Waals surface area contributed by atoms with Gasteiger partial charge in [0.25, 0.3) is 0 Å². The van der Waals surface area contributed by atoms with Crippen molar-refractivity contribution in [2.75, 3.05) is 6.54 Å². The van der Waals surface area contributed by atoms with Crippen LogP contribution in [-0.4, -0.2) is 33.1 Å². The summed E-state index contributed by atoms with van der Waals surface area (Å²) in [6.07, 6.45) is 3.29. The molecule has 3 rings (SSSR count). The van der Waals surface area contributed by atoms with Gasteiger partial charge in [-0.1, -0.05) is 11.6 Å². The summed E-state index contributed by atoms with van der Waals surface area (Å²) in [6, 6.07) is 3.95. The first-order valence-corrected chi connectivity index (χ1v) is 7.86. The first-order valence-electron chi connectivity index (χ1n) is 7.48. The number of hydrogen-bond donors (Lipinski definition) is 1. The minimum atomic E-state index is -0.488. The maximum atomic E-state index is 12.4. The van der Waals surface area contributed by atoms with Crippen LogP contribution < -0.4 is 0 Å². The van der Waals surface area contributed by atoms with Crippen molar-refractivity contribution in [3.05, 3.63) is 29.2 Å². The Hall–Kier alpha value is -1.75. The Labute approximate surface area is 134 Å². The van der Waals surface area contributed by atoms with E-state index in [9.17, 15) is 4.79 Å². The lowest BCUT2D eigenvalue weighted by molar-refractivity contribution is 0.0222. The number of aromatic amines is 1. The summed E-state index contributed by atoms with van der Waals surface area (Å²) in [5, 5.41) is 1.46. The average Bonchev–Trinajstić information content (AvgIpc) is 3.03. The van der Waals surface area contributed by atoms with Crippen LogP contribution in [-0.2, 0) is 4.74 Å². The molecule has 0 spiro atoms. The van der Waals surface area contributed by atoms with Crippen molar-refractivity contribution >= 4 is 28.6 Å². The Bertz CT molecular complexity index is 705. The second-order valence-corrected chi connectivity index (χ2v) is 6.98. The molecule has 118 valence electrons. The van der Waals surface area contributed by atoms with Gasteiger partial charge >= 0.3 is 6.09 Å². The number of nitrogens with zero attached hydrogens (tertiary/aromatic N) is 2. The zero-order chi connectivity index (χ0) is 15.9. The number of aromatic nitrogens is 2. The van der Waals surface area contributed by atoms with Crippen LogP contribution in [0.3, 0.4) is 0 Å². The largest absolute Gasteiger partial charge is 0.444 e. The number of halogens is 1. The standard InChI is InChI=1S/C16H20ClN3O2/c1-16(2,3)22-15(21)20-8-4-5-12(20)11-9-10-6-7-18-14(17)13(10)19-11/h6-7,9,12,19H,4-5,8H2,1-3H3/t12-/m0/s1. The molecule has 0 saturated carbocycles. The molecular weight excluding hydrogens is 302 g/mol. The van der Waals surface area contributed by atoms with E-state index in [1.807, 2.05) is 32.9 Å².